The molecule has 0 unspecified atom stereocenters. The summed E-state index contributed by atoms with van der Waals surface area (Å²) in [5.41, 5.74) is 2.19. The number of aryl methyl sites for hydroxylation is 1. The standard InChI is InChI=1S/C18H18N2O/c1-13-10-14(11-19-2)12-20-18(13)21-17-9-5-7-15-6-3-4-8-16(15)17/h3-10,12,19H,11H2,1-2H3. The van der Waals surface area contributed by atoms with Crippen LogP contribution in [0.1, 0.15) is 11.1 Å². The van der Waals surface area contributed by atoms with Crippen molar-refractivity contribution in [3.63, 3.8) is 0 Å². The van der Waals surface area contributed by atoms with Crippen LogP contribution in [-0.2, 0) is 6.54 Å². The van der Waals surface area contributed by atoms with Gasteiger partial charge in [-0.15, -0.1) is 0 Å². The molecule has 3 nitrogen and oxygen atoms in total. The zero-order valence-corrected chi connectivity index (χ0v) is 12.3. The topological polar surface area (TPSA) is 34.2 Å². The van der Waals surface area contributed by atoms with E-state index >= 15 is 0 Å². The maximum absolute atomic E-state index is 6.02. The van der Waals surface area contributed by atoms with Crippen LogP contribution in [0.15, 0.2) is 54.7 Å². The van der Waals surface area contributed by atoms with Crippen molar-refractivity contribution in [2.75, 3.05) is 7.05 Å². The molecule has 0 aliphatic rings. The van der Waals surface area contributed by atoms with Crippen molar-refractivity contribution >= 4 is 10.8 Å². The van der Waals surface area contributed by atoms with Crippen LogP contribution in [0, 0.1) is 6.92 Å². The van der Waals surface area contributed by atoms with Gasteiger partial charge in [-0.2, -0.15) is 0 Å². The van der Waals surface area contributed by atoms with Crippen LogP contribution < -0.4 is 10.1 Å². The van der Waals surface area contributed by atoms with E-state index in [9.17, 15) is 0 Å². The molecule has 0 atom stereocenters. The summed E-state index contributed by atoms with van der Waals surface area (Å²) < 4.78 is 6.02. The molecule has 3 rings (SSSR count). The molecule has 0 radical (unpaired) electrons. The third kappa shape index (κ3) is 2.88. The number of nitrogens with one attached hydrogen (secondary N) is 1. The van der Waals surface area contributed by atoms with Crippen molar-refractivity contribution in [2.24, 2.45) is 0 Å². The highest BCUT2D eigenvalue weighted by Crippen LogP contribution is 2.30. The van der Waals surface area contributed by atoms with Gasteiger partial charge in [0.15, 0.2) is 0 Å². The number of hydrogen-bond donors (Lipinski definition) is 1. The summed E-state index contributed by atoms with van der Waals surface area (Å²) in [5.74, 6) is 1.50. The SMILES string of the molecule is CNCc1cnc(Oc2cccc3ccccc23)c(C)c1. The summed E-state index contributed by atoms with van der Waals surface area (Å²) in [6.07, 6.45) is 1.85. The smallest absolute Gasteiger partial charge is 0.222 e. The summed E-state index contributed by atoms with van der Waals surface area (Å²) in [4.78, 5) is 4.44. The number of aromatic nitrogens is 1. The van der Waals surface area contributed by atoms with Crippen LogP contribution in [0.4, 0.5) is 0 Å². The predicted octanol–water partition coefficient (Wildman–Crippen LogP) is 4.05. The maximum atomic E-state index is 6.02. The molecule has 0 aliphatic heterocycles. The number of nitrogens with zero attached hydrogens (tertiary/aromatic N) is 1. The molecule has 3 heteroatoms. The van der Waals surface area contributed by atoms with E-state index in [1.807, 2.05) is 44.4 Å². The lowest BCUT2D eigenvalue weighted by Gasteiger charge is -2.11. The van der Waals surface area contributed by atoms with Gasteiger partial charge in [0.25, 0.3) is 0 Å². The van der Waals surface area contributed by atoms with Gasteiger partial charge in [-0.1, -0.05) is 36.4 Å². The zero-order chi connectivity index (χ0) is 14.7. The molecule has 1 aromatic heterocycles. The molecule has 0 bridgehead atoms. The Balaban J connectivity index is 1.95. The minimum absolute atomic E-state index is 0.659. The molecule has 1 N–H and O–H groups in total. The minimum Gasteiger partial charge on any atom is -0.438 e. The van der Waals surface area contributed by atoms with Crippen molar-refractivity contribution in [3.8, 4) is 11.6 Å². The first kappa shape index (κ1) is 13.6. The van der Waals surface area contributed by atoms with Crippen LogP contribution in [0.3, 0.4) is 0 Å². The summed E-state index contributed by atoms with van der Waals surface area (Å²) >= 11 is 0. The second kappa shape index (κ2) is 5.94. The van der Waals surface area contributed by atoms with Gasteiger partial charge in [0.2, 0.25) is 5.88 Å². The van der Waals surface area contributed by atoms with E-state index < -0.39 is 0 Å². The second-order valence-corrected chi connectivity index (χ2v) is 5.08. The zero-order valence-electron chi connectivity index (χ0n) is 12.3. The van der Waals surface area contributed by atoms with Gasteiger partial charge in [-0.3, -0.25) is 0 Å². The minimum atomic E-state index is 0.659. The lowest BCUT2D eigenvalue weighted by atomic mass is 10.1. The molecule has 21 heavy (non-hydrogen) atoms. The number of fused-ring (bicyclic) bond motifs is 1. The quantitative estimate of drug-likeness (QED) is 0.781. The van der Waals surface area contributed by atoms with E-state index in [2.05, 4.69) is 34.6 Å². The fourth-order valence-electron chi connectivity index (χ4n) is 2.42. The average Bonchev–Trinajstić information content (AvgIpc) is 2.51. The average molecular weight is 278 g/mol. The Kier molecular flexibility index (Phi) is 3.84. The van der Waals surface area contributed by atoms with E-state index in [0.29, 0.717) is 5.88 Å². The fourth-order valence-corrected chi connectivity index (χ4v) is 2.42. The highest BCUT2D eigenvalue weighted by Gasteiger charge is 2.07. The maximum Gasteiger partial charge on any atom is 0.222 e. The molecule has 0 saturated heterocycles. The van der Waals surface area contributed by atoms with Crippen molar-refractivity contribution in [3.05, 3.63) is 65.9 Å². The lowest BCUT2D eigenvalue weighted by Crippen LogP contribution is -2.06. The summed E-state index contributed by atoms with van der Waals surface area (Å²) in [6.45, 7) is 2.83. The van der Waals surface area contributed by atoms with E-state index in [1.165, 1.54) is 5.39 Å². The summed E-state index contributed by atoms with van der Waals surface area (Å²) in [5, 5.41) is 5.39. The third-order valence-electron chi connectivity index (χ3n) is 3.42. The number of rotatable bonds is 4. The van der Waals surface area contributed by atoms with Crippen molar-refractivity contribution in [1.82, 2.24) is 10.3 Å². The largest absolute Gasteiger partial charge is 0.438 e. The van der Waals surface area contributed by atoms with Gasteiger partial charge in [0, 0.05) is 23.7 Å². The number of hydrogen-bond acceptors (Lipinski definition) is 3. The molecule has 0 aliphatic carbocycles. The first-order chi connectivity index (χ1) is 10.3. The molecule has 1 heterocycles. The van der Waals surface area contributed by atoms with Gasteiger partial charge in [0.05, 0.1) is 0 Å². The van der Waals surface area contributed by atoms with Gasteiger partial charge >= 0.3 is 0 Å². The molecule has 106 valence electrons. The van der Waals surface area contributed by atoms with E-state index in [1.54, 1.807) is 0 Å². The Labute approximate surface area is 124 Å². The summed E-state index contributed by atoms with van der Waals surface area (Å²) in [6, 6.07) is 16.4. The van der Waals surface area contributed by atoms with Crippen molar-refractivity contribution in [2.45, 2.75) is 13.5 Å². The van der Waals surface area contributed by atoms with Gasteiger partial charge in [-0.25, -0.2) is 4.98 Å². The second-order valence-electron chi connectivity index (χ2n) is 5.08. The van der Waals surface area contributed by atoms with Crippen LogP contribution >= 0.6 is 0 Å². The molecular weight excluding hydrogens is 260 g/mol. The molecule has 0 spiro atoms. The molecule has 0 saturated carbocycles. The fraction of sp³-hybridized carbons (Fsp3) is 0.167. The van der Waals surface area contributed by atoms with Crippen LogP contribution in [0.5, 0.6) is 11.6 Å². The predicted molar refractivity (Wildman–Crippen MR) is 85.8 cm³/mol. The Morgan fingerprint density at radius 3 is 2.71 bits per heavy atom. The van der Waals surface area contributed by atoms with Crippen molar-refractivity contribution in [1.29, 1.82) is 0 Å². The highest BCUT2D eigenvalue weighted by molar-refractivity contribution is 5.88. The molecule has 2 aromatic carbocycles. The Morgan fingerprint density at radius 1 is 1.10 bits per heavy atom. The number of pyridine rings is 1. The van der Waals surface area contributed by atoms with Gasteiger partial charge < -0.3 is 10.1 Å². The highest BCUT2D eigenvalue weighted by atomic mass is 16.5. The lowest BCUT2D eigenvalue weighted by molar-refractivity contribution is 0.463. The van der Waals surface area contributed by atoms with E-state index in [-0.39, 0.29) is 0 Å². The first-order valence-corrected chi connectivity index (χ1v) is 7.03. The monoisotopic (exact) mass is 278 g/mol. The van der Waals surface area contributed by atoms with E-state index in [4.69, 9.17) is 4.74 Å². The Morgan fingerprint density at radius 2 is 1.90 bits per heavy atom. The van der Waals surface area contributed by atoms with Crippen molar-refractivity contribution < 1.29 is 4.74 Å². The first-order valence-electron chi connectivity index (χ1n) is 7.03. The van der Waals surface area contributed by atoms with Gasteiger partial charge in [-0.05, 0) is 37.1 Å². The number of benzene rings is 2. The molecule has 0 amide bonds. The third-order valence-corrected chi connectivity index (χ3v) is 3.42. The molecule has 3 aromatic rings. The molecular formula is C18H18N2O. The normalized spacial score (nSPS) is 10.8. The van der Waals surface area contributed by atoms with E-state index in [0.717, 1.165) is 28.8 Å². The summed E-state index contributed by atoms with van der Waals surface area (Å²) in [7, 11) is 1.93. The van der Waals surface area contributed by atoms with Crippen LogP contribution in [0.25, 0.3) is 10.8 Å². The number of ether oxygens (including phenoxy) is 1. The van der Waals surface area contributed by atoms with Crippen LogP contribution in [0.2, 0.25) is 0 Å². The van der Waals surface area contributed by atoms with Gasteiger partial charge in [0.1, 0.15) is 5.75 Å². The Bertz CT molecular complexity index is 763. The van der Waals surface area contributed by atoms with Crippen LogP contribution in [-0.4, -0.2) is 12.0 Å². The molecule has 0 fully saturated rings. The Hall–Kier alpha value is -2.39.